The molecule has 2 N–H and O–H groups in total. The van der Waals surface area contributed by atoms with Crippen LogP contribution in [0.5, 0.6) is 5.75 Å². The zero-order valence-corrected chi connectivity index (χ0v) is 9.53. The monoisotopic (exact) mass is 235 g/mol. The summed E-state index contributed by atoms with van der Waals surface area (Å²) in [6, 6.07) is 4.42. The van der Waals surface area contributed by atoms with Crippen molar-refractivity contribution in [3.63, 3.8) is 0 Å². The molecular formula is C12H14FN3O. The number of ether oxygens (including phenoxy) is 1. The van der Waals surface area contributed by atoms with E-state index in [-0.39, 0.29) is 5.82 Å². The number of halogens is 1. The second kappa shape index (κ2) is 5.34. The molecule has 0 bridgehead atoms. The van der Waals surface area contributed by atoms with E-state index < -0.39 is 0 Å². The van der Waals surface area contributed by atoms with Gasteiger partial charge in [-0.3, -0.25) is 0 Å². The third kappa shape index (κ3) is 2.96. The summed E-state index contributed by atoms with van der Waals surface area (Å²) >= 11 is 0. The summed E-state index contributed by atoms with van der Waals surface area (Å²) in [6.07, 6.45) is 3.44. The Morgan fingerprint density at radius 1 is 1.47 bits per heavy atom. The highest BCUT2D eigenvalue weighted by atomic mass is 19.1. The zero-order chi connectivity index (χ0) is 12.1. The van der Waals surface area contributed by atoms with Gasteiger partial charge in [0.15, 0.2) is 0 Å². The van der Waals surface area contributed by atoms with Crippen LogP contribution in [0.3, 0.4) is 0 Å². The first-order chi connectivity index (χ1) is 8.29. The largest absolute Gasteiger partial charge is 0.492 e. The number of aromatic amines is 1. The van der Waals surface area contributed by atoms with Gasteiger partial charge in [-0.25, -0.2) is 9.37 Å². The van der Waals surface area contributed by atoms with Gasteiger partial charge in [0.1, 0.15) is 17.4 Å². The van der Waals surface area contributed by atoms with Crippen LogP contribution in [0.15, 0.2) is 30.6 Å². The number of H-pyrrole nitrogens is 1. The van der Waals surface area contributed by atoms with Gasteiger partial charge in [0.05, 0.1) is 18.8 Å². The average molecular weight is 235 g/mol. The summed E-state index contributed by atoms with van der Waals surface area (Å²) in [5.41, 5.74) is 0.754. The molecule has 5 heteroatoms. The maximum Gasteiger partial charge on any atom is 0.145 e. The van der Waals surface area contributed by atoms with Crippen molar-refractivity contribution in [3.8, 4) is 5.75 Å². The first-order valence-electron chi connectivity index (χ1n) is 5.44. The number of hydrogen-bond acceptors (Lipinski definition) is 3. The van der Waals surface area contributed by atoms with Crippen molar-refractivity contribution in [2.24, 2.45) is 0 Å². The van der Waals surface area contributed by atoms with Gasteiger partial charge in [-0.15, -0.1) is 0 Å². The summed E-state index contributed by atoms with van der Waals surface area (Å²) in [7, 11) is 0. The third-order valence-electron chi connectivity index (χ3n) is 2.24. The van der Waals surface area contributed by atoms with E-state index in [1.807, 2.05) is 6.92 Å². The van der Waals surface area contributed by atoms with Gasteiger partial charge in [0.25, 0.3) is 0 Å². The molecule has 0 saturated carbocycles. The Balaban J connectivity index is 2.08. The normalized spacial score (nSPS) is 10.2. The SMILES string of the molecule is CCOc1cc(F)ccc1NCc1ncc[nH]1. The maximum absolute atomic E-state index is 13.1. The predicted octanol–water partition coefficient (Wildman–Crippen LogP) is 2.56. The number of nitrogens with one attached hydrogen (secondary N) is 2. The number of rotatable bonds is 5. The van der Waals surface area contributed by atoms with E-state index in [0.29, 0.717) is 18.9 Å². The highest BCUT2D eigenvalue weighted by Gasteiger charge is 2.05. The molecule has 0 aliphatic carbocycles. The van der Waals surface area contributed by atoms with Gasteiger partial charge in [0.2, 0.25) is 0 Å². The summed E-state index contributed by atoms with van der Waals surface area (Å²) < 4.78 is 18.4. The minimum atomic E-state index is -0.308. The average Bonchev–Trinajstić information content (AvgIpc) is 2.81. The van der Waals surface area contributed by atoms with Crippen LogP contribution in [0.4, 0.5) is 10.1 Å². The van der Waals surface area contributed by atoms with Crippen LogP contribution < -0.4 is 10.1 Å². The number of nitrogens with zero attached hydrogens (tertiary/aromatic N) is 1. The lowest BCUT2D eigenvalue weighted by molar-refractivity contribution is 0.339. The Bertz CT molecular complexity index is 471. The van der Waals surface area contributed by atoms with Gasteiger partial charge in [-0.05, 0) is 19.1 Å². The smallest absolute Gasteiger partial charge is 0.145 e. The van der Waals surface area contributed by atoms with Crippen molar-refractivity contribution in [3.05, 3.63) is 42.2 Å². The molecule has 0 atom stereocenters. The maximum atomic E-state index is 13.1. The van der Waals surface area contributed by atoms with Crippen molar-refractivity contribution in [2.75, 3.05) is 11.9 Å². The Morgan fingerprint density at radius 2 is 2.35 bits per heavy atom. The number of hydrogen-bond donors (Lipinski definition) is 2. The van der Waals surface area contributed by atoms with E-state index in [9.17, 15) is 4.39 Å². The minimum Gasteiger partial charge on any atom is -0.492 e. The summed E-state index contributed by atoms with van der Waals surface area (Å²) in [5, 5.41) is 3.14. The molecule has 90 valence electrons. The quantitative estimate of drug-likeness (QED) is 0.837. The van der Waals surface area contributed by atoms with Crippen molar-refractivity contribution in [1.29, 1.82) is 0 Å². The van der Waals surface area contributed by atoms with Crippen LogP contribution in [0.25, 0.3) is 0 Å². The fourth-order valence-electron chi connectivity index (χ4n) is 1.49. The van der Waals surface area contributed by atoms with E-state index in [1.165, 1.54) is 12.1 Å². The molecule has 1 aromatic carbocycles. The lowest BCUT2D eigenvalue weighted by Gasteiger charge is -2.11. The van der Waals surface area contributed by atoms with Gasteiger partial charge < -0.3 is 15.0 Å². The number of imidazole rings is 1. The van der Waals surface area contributed by atoms with Crippen LogP contribution in [-0.4, -0.2) is 16.6 Å². The van der Waals surface area contributed by atoms with Crippen LogP contribution in [-0.2, 0) is 6.54 Å². The van der Waals surface area contributed by atoms with Crippen molar-refractivity contribution < 1.29 is 9.13 Å². The lowest BCUT2D eigenvalue weighted by Crippen LogP contribution is -2.04. The fourth-order valence-corrected chi connectivity index (χ4v) is 1.49. The molecule has 0 aliphatic rings. The van der Waals surface area contributed by atoms with E-state index in [2.05, 4.69) is 15.3 Å². The fraction of sp³-hybridized carbons (Fsp3) is 0.250. The van der Waals surface area contributed by atoms with Crippen molar-refractivity contribution in [2.45, 2.75) is 13.5 Å². The molecule has 0 spiro atoms. The second-order valence-electron chi connectivity index (χ2n) is 3.46. The van der Waals surface area contributed by atoms with Crippen LogP contribution in [0, 0.1) is 5.82 Å². The van der Waals surface area contributed by atoms with E-state index in [4.69, 9.17) is 4.74 Å². The highest BCUT2D eigenvalue weighted by Crippen LogP contribution is 2.25. The highest BCUT2D eigenvalue weighted by molar-refractivity contribution is 5.56. The molecule has 1 aromatic heterocycles. The molecule has 2 aromatic rings. The Labute approximate surface area is 98.8 Å². The molecule has 1 heterocycles. The number of aromatic nitrogens is 2. The molecule has 0 fully saturated rings. The molecule has 4 nitrogen and oxygen atoms in total. The van der Waals surface area contributed by atoms with Crippen LogP contribution in [0.1, 0.15) is 12.7 Å². The molecule has 0 amide bonds. The Kier molecular flexibility index (Phi) is 3.59. The molecule has 0 radical (unpaired) electrons. The summed E-state index contributed by atoms with van der Waals surface area (Å²) in [5.74, 6) is 1.02. The van der Waals surface area contributed by atoms with Crippen LogP contribution in [0.2, 0.25) is 0 Å². The van der Waals surface area contributed by atoms with Crippen molar-refractivity contribution in [1.82, 2.24) is 9.97 Å². The van der Waals surface area contributed by atoms with E-state index in [1.54, 1.807) is 18.5 Å². The topological polar surface area (TPSA) is 49.9 Å². The summed E-state index contributed by atoms with van der Waals surface area (Å²) in [4.78, 5) is 7.07. The second-order valence-corrected chi connectivity index (χ2v) is 3.46. The zero-order valence-electron chi connectivity index (χ0n) is 9.53. The Hall–Kier alpha value is -2.04. The number of benzene rings is 1. The van der Waals surface area contributed by atoms with Gasteiger partial charge in [-0.1, -0.05) is 0 Å². The lowest BCUT2D eigenvalue weighted by atomic mass is 10.3. The molecule has 17 heavy (non-hydrogen) atoms. The summed E-state index contributed by atoms with van der Waals surface area (Å²) in [6.45, 7) is 2.90. The Morgan fingerprint density at radius 3 is 3.06 bits per heavy atom. The van der Waals surface area contributed by atoms with Gasteiger partial charge in [0, 0.05) is 18.5 Å². The molecule has 0 saturated heterocycles. The van der Waals surface area contributed by atoms with Crippen molar-refractivity contribution >= 4 is 5.69 Å². The standard InChI is InChI=1S/C12H14FN3O/c1-2-17-11-7-9(13)3-4-10(11)16-8-12-14-5-6-15-12/h3-7,16H,2,8H2,1H3,(H,14,15). The first kappa shape index (κ1) is 11.4. The van der Waals surface area contributed by atoms with E-state index >= 15 is 0 Å². The molecule has 0 unspecified atom stereocenters. The predicted molar refractivity (Wildman–Crippen MR) is 63.5 cm³/mol. The van der Waals surface area contributed by atoms with Gasteiger partial charge in [-0.2, -0.15) is 0 Å². The van der Waals surface area contributed by atoms with Gasteiger partial charge >= 0.3 is 0 Å². The molecule has 0 aliphatic heterocycles. The molecule has 2 rings (SSSR count). The van der Waals surface area contributed by atoms with E-state index in [0.717, 1.165) is 11.5 Å². The van der Waals surface area contributed by atoms with Crippen LogP contribution >= 0.6 is 0 Å². The third-order valence-corrected chi connectivity index (χ3v) is 2.24. The first-order valence-corrected chi connectivity index (χ1v) is 5.44. The minimum absolute atomic E-state index is 0.308. The number of anilines is 1. The molecular weight excluding hydrogens is 221 g/mol.